The summed E-state index contributed by atoms with van der Waals surface area (Å²) in [7, 11) is -2.46. The van der Waals surface area contributed by atoms with Gasteiger partial charge in [-0.15, -0.1) is 0 Å². The van der Waals surface area contributed by atoms with Crippen LogP contribution in [0.4, 0.5) is 10.1 Å². The van der Waals surface area contributed by atoms with Crippen LogP contribution in [0.1, 0.15) is 6.42 Å². The van der Waals surface area contributed by atoms with Crippen molar-refractivity contribution in [1.82, 2.24) is 9.62 Å². The van der Waals surface area contributed by atoms with Gasteiger partial charge in [0.2, 0.25) is 15.9 Å². The van der Waals surface area contributed by atoms with Crippen LogP contribution in [0, 0.1) is 5.82 Å². The highest BCUT2D eigenvalue weighted by molar-refractivity contribution is 7.89. The standard InChI is InChI=1S/C11H13ClFN3O3S/c1-16-3-2-9(11(16)17)15-20(18,19)10-5-8(14)7(13)4-6(10)12/h4-5,9,15H,2-3,14H2,1H3. The van der Waals surface area contributed by atoms with Crippen LogP contribution in [0.5, 0.6) is 0 Å². The fourth-order valence-electron chi connectivity index (χ4n) is 1.93. The van der Waals surface area contributed by atoms with Crippen molar-refractivity contribution in [3.05, 3.63) is 23.0 Å². The van der Waals surface area contributed by atoms with Gasteiger partial charge in [0.05, 0.1) is 10.7 Å². The zero-order valence-electron chi connectivity index (χ0n) is 10.6. The first-order valence-corrected chi connectivity index (χ1v) is 7.60. The van der Waals surface area contributed by atoms with Crippen LogP contribution < -0.4 is 10.5 Å². The van der Waals surface area contributed by atoms with Crippen molar-refractivity contribution in [2.45, 2.75) is 17.4 Å². The molecule has 3 N–H and O–H groups in total. The predicted molar refractivity (Wildman–Crippen MR) is 72.2 cm³/mol. The smallest absolute Gasteiger partial charge is 0.242 e. The van der Waals surface area contributed by atoms with Gasteiger partial charge < -0.3 is 10.6 Å². The maximum Gasteiger partial charge on any atom is 0.242 e. The van der Waals surface area contributed by atoms with Crippen LogP contribution >= 0.6 is 11.6 Å². The number of hydrogen-bond acceptors (Lipinski definition) is 4. The molecule has 0 aliphatic carbocycles. The van der Waals surface area contributed by atoms with Gasteiger partial charge in [0.25, 0.3) is 0 Å². The number of halogens is 2. The lowest BCUT2D eigenvalue weighted by atomic mass is 10.3. The second kappa shape index (κ2) is 5.19. The second-order valence-corrected chi connectivity index (χ2v) is 6.62. The lowest BCUT2D eigenvalue weighted by molar-refractivity contribution is -0.127. The number of amides is 1. The molecule has 1 saturated heterocycles. The third-order valence-corrected chi connectivity index (χ3v) is 5.00. The molecule has 1 aromatic carbocycles. The first-order chi connectivity index (χ1) is 9.22. The molecule has 1 fully saturated rings. The SMILES string of the molecule is CN1CCC(NS(=O)(=O)c2cc(N)c(F)cc2Cl)C1=O. The van der Waals surface area contributed by atoms with Crippen molar-refractivity contribution in [1.29, 1.82) is 0 Å². The van der Waals surface area contributed by atoms with Crippen LogP contribution in [0.2, 0.25) is 5.02 Å². The number of carbonyl (C=O) groups is 1. The summed E-state index contributed by atoms with van der Waals surface area (Å²) in [5.74, 6) is -1.12. The summed E-state index contributed by atoms with van der Waals surface area (Å²) in [5.41, 5.74) is 5.01. The number of nitrogens with two attached hydrogens (primary N) is 1. The molecule has 1 aliphatic heterocycles. The molecule has 0 bridgehead atoms. The van der Waals surface area contributed by atoms with Crippen LogP contribution in [-0.4, -0.2) is 38.9 Å². The van der Waals surface area contributed by atoms with E-state index < -0.39 is 21.9 Å². The van der Waals surface area contributed by atoms with E-state index in [2.05, 4.69) is 4.72 Å². The number of nitrogen functional groups attached to an aromatic ring is 1. The van der Waals surface area contributed by atoms with Crippen LogP contribution in [0.25, 0.3) is 0 Å². The molecule has 0 radical (unpaired) electrons. The molecule has 110 valence electrons. The molecule has 1 heterocycles. The average Bonchev–Trinajstić information content (AvgIpc) is 2.65. The summed E-state index contributed by atoms with van der Waals surface area (Å²) in [5, 5.41) is -0.289. The van der Waals surface area contributed by atoms with Gasteiger partial charge in [-0.3, -0.25) is 4.79 Å². The minimum absolute atomic E-state index is 0.289. The average molecular weight is 322 g/mol. The van der Waals surface area contributed by atoms with Gasteiger partial charge in [0, 0.05) is 13.6 Å². The summed E-state index contributed by atoms with van der Waals surface area (Å²) < 4.78 is 39.8. The summed E-state index contributed by atoms with van der Waals surface area (Å²) >= 11 is 5.73. The summed E-state index contributed by atoms with van der Waals surface area (Å²) in [6.45, 7) is 0.464. The van der Waals surface area contributed by atoms with Gasteiger partial charge in [0.1, 0.15) is 16.8 Å². The highest BCUT2D eigenvalue weighted by Crippen LogP contribution is 2.27. The van der Waals surface area contributed by atoms with Gasteiger partial charge in [-0.05, 0) is 18.6 Å². The van der Waals surface area contributed by atoms with Crippen molar-refractivity contribution in [2.75, 3.05) is 19.3 Å². The van der Waals surface area contributed by atoms with Crippen molar-refractivity contribution in [3.63, 3.8) is 0 Å². The summed E-state index contributed by atoms with van der Waals surface area (Å²) in [4.78, 5) is 12.8. The third kappa shape index (κ3) is 2.72. The van der Waals surface area contributed by atoms with Crippen molar-refractivity contribution >= 4 is 33.2 Å². The van der Waals surface area contributed by atoms with Gasteiger partial charge in [-0.2, -0.15) is 4.72 Å². The van der Waals surface area contributed by atoms with Crippen LogP contribution in [0.3, 0.4) is 0 Å². The second-order valence-electron chi connectivity index (χ2n) is 4.53. The molecule has 20 heavy (non-hydrogen) atoms. The predicted octanol–water partition coefficient (Wildman–Crippen LogP) is 0.570. The topological polar surface area (TPSA) is 92.5 Å². The Morgan fingerprint density at radius 2 is 2.15 bits per heavy atom. The molecule has 1 aliphatic rings. The van der Waals surface area contributed by atoms with E-state index >= 15 is 0 Å². The van der Waals surface area contributed by atoms with E-state index in [0.29, 0.717) is 13.0 Å². The molecule has 6 nitrogen and oxygen atoms in total. The largest absolute Gasteiger partial charge is 0.396 e. The zero-order valence-corrected chi connectivity index (χ0v) is 12.1. The number of nitrogens with one attached hydrogen (secondary N) is 1. The van der Waals surface area contributed by atoms with Gasteiger partial charge >= 0.3 is 0 Å². The first-order valence-electron chi connectivity index (χ1n) is 5.74. The quantitative estimate of drug-likeness (QED) is 0.796. The van der Waals surface area contributed by atoms with Crippen molar-refractivity contribution < 1.29 is 17.6 Å². The molecular weight excluding hydrogens is 309 g/mol. The van der Waals surface area contributed by atoms with E-state index in [1.165, 1.54) is 4.90 Å². The van der Waals surface area contributed by atoms with Gasteiger partial charge in [-0.1, -0.05) is 11.6 Å². The fraction of sp³-hybridized carbons (Fsp3) is 0.364. The number of hydrogen-bond donors (Lipinski definition) is 2. The third-order valence-electron chi connectivity index (χ3n) is 3.07. The monoisotopic (exact) mass is 321 g/mol. The summed E-state index contributed by atoms with van der Waals surface area (Å²) in [6, 6.07) is 0.921. The molecule has 0 aromatic heterocycles. The lowest BCUT2D eigenvalue weighted by Crippen LogP contribution is -2.40. The van der Waals surface area contributed by atoms with E-state index in [0.717, 1.165) is 12.1 Å². The van der Waals surface area contributed by atoms with E-state index in [1.54, 1.807) is 7.05 Å². The Morgan fingerprint density at radius 3 is 2.70 bits per heavy atom. The molecule has 9 heteroatoms. The highest BCUT2D eigenvalue weighted by atomic mass is 35.5. The molecule has 1 unspecified atom stereocenters. The number of carbonyl (C=O) groups excluding carboxylic acids is 1. The lowest BCUT2D eigenvalue weighted by Gasteiger charge is -2.14. The van der Waals surface area contributed by atoms with Crippen LogP contribution in [0.15, 0.2) is 17.0 Å². The zero-order chi connectivity index (χ0) is 15.1. The number of sulfonamides is 1. The molecular formula is C11H13ClFN3O3S. The van der Waals surface area contributed by atoms with E-state index in [9.17, 15) is 17.6 Å². The highest BCUT2D eigenvalue weighted by Gasteiger charge is 2.33. The maximum atomic E-state index is 13.2. The Kier molecular flexibility index (Phi) is 3.90. The number of likely N-dealkylation sites (tertiary alicyclic amines) is 1. The maximum absolute atomic E-state index is 13.2. The Bertz CT molecular complexity index is 665. The molecule has 2 rings (SSSR count). The van der Waals surface area contributed by atoms with Crippen molar-refractivity contribution in [2.24, 2.45) is 0 Å². The first kappa shape index (κ1) is 15.0. The number of likely N-dealkylation sites (N-methyl/N-ethyl adjacent to an activating group) is 1. The normalized spacial score (nSPS) is 19.6. The molecule has 1 aromatic rings. The Morgan fingerprint density at radius 1 is 1.50 bits per heavy atom. The van der Waals surface area contributed by atoms with Crippen molar-refractivity contribution in [3.8, 4) is 0 Å². The van der Waals surface area contributed by atoms with E-state index in [-0.39, 0.29) is 21.5 Å². The minimum Gasteiger partial charge on any atom is -0.396 e. The molecule has 1 amide bonds. The fourth-order valence-corrected chi connectivity index (χ4v) is 3.71. The molecule has 1 atom stereocenters. The summed E-state index contributed by atoms with van der Waals surface area (Å²) in [6.07, 6.45) is 0.364. The number of rotatable bonds is 3. The minimum atomic E-state index is -4.05. The molecule has 0 spiro atoms. The van der Waals surface area contributed by atoms with Gasteiger partial charge in [-0.25, -0.2) is 12.8 Å². The molecule has 0 saturated carbocycles. The Hall–Kier alpha value is -1.38. The van der Waals surface area contributed by atoms with Crippen LogP contribution in [-0.2, 0) is 14.8 Å². The number of benzene rings is 1. The van der Waals surface area contributed by atoms with E-state index in [1.807, 2.05) is 0 Å². The Labute approximate surface area is 120 Å². The Balaban J connectivity index is 2.32. The van der Waals surface area contributed by atoms with Gasteiger partial charge in [0.15, 0.2) is 0 Å². The number of nitrogens with zero attached hydrogens (tertiary/aromatic N) is 1. The number of anilines is 1. The van der Waals surface area contributed by atoms with E-state index in [4.69, 9.17) is 17.3 Å².